The van der Waals surface area contributed by atoms with Gasteiger partial charge in [-0.2, -0.15) is 0 Å². The Morgan fingerprint density at radius 1 is 1.33 bits per heavy atom. The van der Waals surface area contributed by atoms with Crippen LogP contribution in [0.25, 0.3) is 0 Å². The Bertz CT molecular complexity index is 337. The fraction of sp³-hybridized carbons (Fsp3) is 0.500. The van der Waals surface area contributed by atoms with Crippen molar-refractivity contribution < 1.29 is 9.84 Å². The standard InChI is InChI=1S/C12H19NO2/c1-8-5-10(11(14)7-13-3)12(15-4)6-9(8)2/h5-6,11,13-14H,7H2,1-4H3. The molecular formula is C12H19NO2. The summed E-state index contributed by atoms with van der Waals surface area (Å²) in [6.07, 6.45) is -0.524. The molecule has 1 aromatic carbocycles. The number of hydrogen-bond donors (Lipinski definition) is 2. The summed E-state index contributed by atoms with van der Waals surface area (Å²) in [5, 5.41) is 12.9. The molecule has 2 N–H and O–H groups in total. The van der Waals surface area contributed by atoms with E-state index in [9.17, 15) is 5.11 Å². The van der Waals surface area contributed by atoms with Crippen LogP contribution in [0, 0.1) is 13.8 Å². The lowest BCUT2D eigenvalue weighted by atomic mass is 10.0. The molecule has 0 saturated heterocycles. The van der Waals surface area contributed by atoms with Crippen molar-refractivity contribution >= 4 is 0 Å². The fourth-order valence-electron chi connectivity index (χ4n) is 1.55. The SMILES string of the molecule is CNCC(O)c1cc(C)c(C)cc1OC. The number of methoxy groups -OCH3 is 1. The average Bonchev–Trinajstić information content (AvgIpc) is 2.21. The van der Waals surface area contributed by atoms with Crippen molar-refractivity contribution in [2.24, 2.45) is 0 Å². The van der Waals surface area contributed by atoms with Crippen LogP contribution in [0.5, 0.6) is 5.75 Å². The second kappa shape index (κ2) is 5.14. The van der Waals surface area contributed by atoms with Gasteiger partial charge in [-0.05, 0) is 44.2 Å². The van der Waals surface area contributed by atoms with Gasteiger partial charge in [-0.1, -0.05) is 0 Å². The lowest BCUT2D eigenvalue weighted by Crippen LogP contribution is -2.17. The molecule has 0 saturated carbocycles. The van der Waals surface area contributed by atoms with Crippen LogP contribution >= 0.6 is 0 Å². The highest BCUT2D eigenvalue weighted by atomic mass is 16.5. The maximum atomic E-state index is 9.91. The first kappa shape index (κ1) is 12.0. The van der Waals surface area contributed by atoms with Gasteiger partial charge in [-0.3, -0.25) is 0 Å². The molecule has 3 nitrogen and oxygen atoms in total. The Labute approximate surface area is 91.1 Å². The number of aliphatic hydroxyl groups is 1. The second-order valence-electron chi connectivity index (χ2n) is 3.75. The third-order valence-corrected chi connectivity index (χ3v) is 2.60. The third kappa shape index (κ3) is 2.70. The summed E-state index contributed by atoms with van der Waals surface area (Å²) in [5.74, 6) is 0.751. The molecule has 0 bridgehead atoms. The molecule has 0 radical (unpaired) electrons. The van der Waals surface area contributed by atoms with Crippen molar-refractivity contribution in [1.29, 1.82) is 0 Å². The van der Waals surface area contributed by atoms with Gasteiger partial charge in [0.1, 0.15) is 5.75 Å². The largest absolute Gasteiger partial charge is 0.496 e. The van der Waals surface area contributed by atoms with Crippen molar-refractivity contribution in [3.63, 3.8) is 0 Å². The zero-order valence-electron chi connectivity index (χ0n) is 9.79. The van der Waals surface area contributed by atoms with E-state index in [2.05, 4.69) is 5.32 Å². The monoisotopic (exact) mass is 209 g/mol. The number of rotatable bonds is 4. The Morgan fingerprint density at radius 3 is 2.47 bits per heavy atom. The molecule has 0 aliphatic carbocycles. The number of ether oxygens (including phenoxy) is 1. The third-order valence-electron chi connectivity index (χ3n) is 2.60. The van der Waals surface area contributed by atoms with E-state index < -0.39 is 6.10 Å². The van der Waals surface area contributed by atoms with Crippen molar-refractivity contribution in [3.8, 4) is 5.75 Å². The lowest BCUT2D eigenvalue weighted by Gasteiger charge is -2.16. The van der Waals surface area contributed by atoms with Gasteiger partial charge in [0.25, 0.3) is 0 Å². The van der Waals surface area contributed by atoms with Gasteiger partial charge in [-0.15, -0.1) is 0 Å². The molecule has 0 fully saturated rings. The van der Waals surface area contributed by atoms with Crippen LogP contribution in [0.1, 0.15) is 22.8 Å². The van der Waals surface area contributed by atoms with E-state index in [1.807, 2.05) is 33.0 Å². The van der Waals surface area contributed by atoms with Gasteiger partial charge in [0.2, 0.25) is 0 Å². The van der Waals surface area contributed by atoms with Gasteiger partial charge in [-0.25, -0.2) is 0 Å². The predicted octanol–water partition coefficient (Wildman–Crippen LogP) is 1.56. The van der Waals surface area contributed by atoms with Crippen molar-refractivity contribution in [1.82, 2.24) is 5.32 Å². The van der Waals surface area contributed by atoms with Gasteiger partial charge >= 0.3 is 0 Å². The van der Waals surface area contributed by atoms with Gasteiger partial charge < -0.3 is 15.2 Å². The number of likely N-dealkylation sites (N-methyl/N-ethyl adjacent to an activating group) is 1. The Balaban J connectivity index is 3.09. The van der Waals surface area contributed by atoms with E-state index in [1.54, 1.807) is 7.11 Å². The molecule has 84 valence electrons. The number of benzene rings is 1. The van der Waals surface area contributed by atoms with Gasteiger partial charge in [0.15, 0.2) is 0 Å². The van der Waals surface area contributed by atoms with E-state index in [4.69, 9.17) is 4.74 Å². The van der Waals surface area contributed by atoms with Crippen LogP contribution in [-0.4, -0.2) is 25.8 Å². The number of aryl methyl sites for hydroxylation is 2. The van der Waals surface area contributed by atoms with E-state index in [1.165, 1.54) is 11.1 Å². The zero-order chi connectivity index (χ0) is 11.4. The molecule has 1 rings (SSSR count). The van der Waals surface area contributed by atoms with E-state index >= 15 is 0 Å². The molecule has 15 heavy (non-hydrogen) atoms. The van der Waals surface area contributed by atoms with Crippen LogP contribution in [0.4, 0.5) is 0 Å². The van der Waals surface area contributed by atoms with Crippen molar-refractivity contribution in [2.75, 3.05) is 20.7 Å². The molecule has 1 unspecified atom stereocenters. The Kier molecular flexibility index (Phi) is 4.12. The molecule has 0 aromatic heterocycles. The topological polar surface area (TPSA) is 41.5 Å². The molecule has 0 amide bonds. The summed E-state index contributed by atoms with van der Waals surface area (Å²) in [4.78, 5) is 0. The quantitative estimate of drug-likeness (QED) is 0.790. The molecule has 0 spiro atoms. The van der Waals surface area contributed by atoms with Gasteiger partial charge in [0, 0.05) is 12.1 Å². The molecular weight excluding hydrogens is 190 g/mol. The minimum absolute atomic E-state index is 0.524. The summed E-state index contributed by atoms with van der Waals surface area (Å²) < 4.78 is 5.26. The normalized spacial score (nSPS) is 12.6. The fourth-order valence-corrected chi connectivity index (χ4v) is 1.55. The molecule has 0 heterocycles. The molecule has 3 heteroatoms. The van der Waals surface area contributed by atoms with Crippen molar-refractivity contribution in [3.05, 3.63) is 28.8 Å². The van der Waals surface area contributed by atoms with E-state index in [0.29, 0.717) is 6.54 Å². The van der Waals surface area contributed by atoms with E-state index in [0.717, 1.165) is 11.3 Å². The first-order valence-electron chi connectivity index (χ1n) is 5.08. The van der Waals surface area contributed by atoms with Crippen LogP contribution < -0.4 is 10.1 Å². The lowest BCUT2D eigenvalue weighted by molar-refractivity contribution is 0.173. The first-order chi connectivity index (χ1) is 7.10. The predicted molar refractivity (Wildman–Crippen MR) is 61.4 cm³/mol. The smallest absolute Gasteiger partial charge is 0.124 e. The minimum Gasteiger partial charge on any atom is -0.496 e. The molecule has 0 aliphatic heterocycles. The first-order valence-corrected chi connectivity index (χ1v) is 5.08. The van der Waals surface area contributed by atoms with E-state index in [-0.39, 0.29) is 0 Å². The minimum atomic E-state index is -0.524. The maximum Gasteiger partial charge on any atom is 0.124 e. The Morgan fingerprint density at radius 2 is 1.93 bits per heavy atom. The summed E-state index contributed by atoms with van der Waals surface area (Å²) in [6, 6.07) is 3.94. The molecule has 1 aromatic rings. The second-order valence-corrected chi connectivity index (χ2v) is 3.75. The molecule has 1 atom stereocenters. The van der Waals surface area contributed by atoms with Crippen LogP contribution in [0.2, 0.25) is 0 Å². The summed E-state index contributed by atoms with van der Waals surface area (Å²) in [6.45, 7) is 4.59. The van der Waals surface area contributed by atoms with Crippen molar-refractivity contribution in [2.45, 2.75) is 20.0 Å². The van der Waals surface area contributed by atoms with Crippen LogP contribution in [0.15, 0.2) is 12.1 Å². The number of hydrogen-bond acceptors (Lipinski definition) is 3. The van der Waals surface area contributed by atoms with Crippen LogP contribution in [0.3, 0.4) is 0 Å². The number of aliphatic hydroxyl groups excluding tert-OH is 1. The summed E-state index contributed by atoms with van der Waals surface area (Å²) >= 11 is 0. The average molecular weight is 209 g/mol. The van der Waals surface area contributed by atoms with Gasteiger partial charge in [0.05, 0.1) is 13.2 Å². The molecule has 0 aliphatic rings. The highest BCUT2D eigenvalue weighted by Gasteiger charge is 2.13. The van der Waals surface area contributed by atoms with Crippen LogP contribution in [-0.2, 0) is 0 Å². The summed E-state index contributed by atoms with van der Waals surface area (Å²) in [5.41, 5.74) is 3.18. The zero-order valence-corrected chi connectivity index (χ0v) is 9.79. The highest BCUT2D eigenvalue weighted by Crippen LogP contribution is 2.28. The highest BCUT2D eigenvalue weighted by molar-refractivity contribution is 5.43. The number of nitrogens with one attached hydrogen (secondary N) is 1. The summed E-state index contributed by atoms with van der Waals surface area (Å²) in [7, 11) is 3.44. The maximum absolute atomic E-state index is 9.91. The Hall–Kier alpha value is -1.06.